The van der Waals surface area contributed by atoms with Crippen molar-refractivity contribution in [2.75, 3.05) is 5.32 Å². The van der Waals surface area contributed by atoms with Crippen LogP contribution in [-0.4, -0.2) is 15.3 Å². The standard InChI is InChI=1S/C21H16ClN3O2/c1-14-20(25-13-15(22)11-12-19(25)23-14)21(26)24-17-9-5-6-10-18(17)27-16-7-3-2-4-8-16/h2-13H,1H3,(H,24,26). The highest BCUT2D eigenvalue weighted by atomic mass is 35.5. The number of fused-ring (bicyclic) bond motifs is 1. The van der Waals surface area contributed by atoms with Gasteiger partial charge in [0.2, 0.25) is 0 Å². The molecule has 1 N–H and O–H groups in total. The summed E-state index contributed by atoms with van der Waals surface area (Å²) in [5.74, 6) is 0.963. The fourth-order valence-electron chi connectivity index (χ4n) is 2.87. The average molecular weight is 378 g/mol. The zero-order valence-electron chi connectivity index (χ0n) is 14.5. The summed E-state index contributed by atoms with van der Waals surface area (Å²) in [5, 5.41) is 3.45. The molecule has 0 aliphatic carbocycles. The van der Waals surface area contributed by atoms with Crippen LogP contribution in [0.2, 0.25) is 5.02 Å². The number of hydrogen-bond donors (Lipinski definition) is 1. The molecule has 134 valence electrons. The number of aromatic nitrogens is 2. The first-order valence-electron chi connectivity index (χ1n) is 8.39. The Bertz CT molecular complexity index is 1120. The number of rotatable bonds is 4. The highest BCUT2D eigenvalue weighted by Crippen LogP contribution is 2.29. The highest BCUT2D eigenvalue weighted by molar-refractivity contribution is 6.30. The Labute approximate surface area is 161 Å². The van der Waals surface area contributed by atoms with Crippen molar-refractivity contribution in [2.24, 2.45) is 0 Å². The average Bonchev–Trinajstić information content (AvgIpc) is 2.99. The Balaban J connectivity index is 1.66. The largest absolute Gasteiger partial charge is 0.455 e. The SMILES string of the molecule is Cc1nc2ccc(Cl)cn2c1C(=O)Nc1ccccc1Oc1ccccc1. The minimum absolute atomic E-state index is 0.286. The van der Waals surface area contributed by atoms with Crippen LogP contribution in [0.4, 0.5) is 5.69 Å². The van der Waals surface area contributed by atoms with Gasteiger partial charge in [0, 0.05) is 6.20 Å². The molecule has 0 saturated carbocycles. The van der Waals surface area contributed by atoms with E-state index in [1.54, 1.807) is 41.8 Å². The Morgan fingerprint density at radius 3 is 2.59 bits per heavy atom. The number of nitrogens with zero attached hydrogens (tertiary/aromatic N) is 2. The second kappa shape index (κ2) is 7.13. The third-order valence-electron chi connectivity index (χ3n) is 4.08. The van der Waals surface area contributed by atoms with Crippen LogP contribution >= 0.6 is 11.6 Å². The lowest BCUT2D eigenvalue weighted by atomic mass is 10.2. The molecule has 0 spiro atoms. The molecule has 2 aromatic heterocycles. The molecule has 0 bridgehead atoms. The molecule has 27 heavy (non-hydrogen) atoms. The lowest BCUT2D eigenvalue weighted by molar-refractivity contribution is 0.102. The molecule has 4 aromatic rings. The molecule has 1 amide bonds. The zero-order chi connectivity index (χ0) is 18.8. The maximum atomic E-state index is 13.0. The van der Waals surface area contributed by atoms with Gasteiger partial charge in [0.15, 0.2) is 5.75 Å². The molecule has 0 fully saturated rings. The van der Waals surface area contributed by atoms with Crippen LogP contribution in [0.5, 0.6) is 11.5 Å². The molecular weight excluding hydrogens is 362 g/mol. The number of carbonyl (C=O) groups is 1. The molecule has 0 atom stereocenters. The fourth-order valence-corrected chi connectivity index (χ4v) is 3.03. The van der Waals surface area contributed by atoms with Gasteiger partial charge < -0.3 is 10.1 Å². The number of hydrogen-bond acceptors (Lipinski definition) is 3. The number of aryl methyl sites for hydroxylation is 1. The summed E-state index contributed by atoms with van der Waals surface area (Å²) in [6.45, 7) is 1.79. The van der Waals surface area contributed by atoms with Gasteiger partial charge in [-0.1, -0.05) is 41.9 Å². The van der Waals surface area contributed by atoms with Gasteiger partial charge in [-0.2, -0.15) is 0 Å². The molecular formula is C21H16ClN3O2. The van der Waals surface area contributed by atoms with Crippen LogP contribution in [0.15, 0.2) is 72.9 Å². The summed E-state index contributed by atoms with van der Waals surface area (Å²) >= 11 is 6.08. The molecule has 2 heterocycles. The van der Waals surface area contributed by atoms with Gasteiger partial charge in [0.25, 0.3) is 5.91 Å². The van der Waals surface area contributed by atoms with Crippen LogP contribution in [0, 0.1) is 6.92 Å². The molecule has 0 aliphatic rings. The summed E-state index contributed by atoms with van der Waals surface area (Å²) in [5.41, 5.74) is 2.29. The van der Waals surface area contributed by atoms with Crippen molar-refractivity contribution in [1.29, 1.82) is 0 Å². The third kappa shape index (κ3) is 3.50. The van der Waals surface area contributed by atoms with E-state index in [4.69, 9.17) is 16.3 Å². The van der Waals surface area contributed by atoms with E-state index in [1.807, 2.05) is 42.5 Å². The van der Waals surface area contributed by atoms with Crippen molar-refractivity contribution in [3.8, 4) is 11.5 Å². The Morgan fingerprint density at radius 2 is 1.78 bits per heavy atom. The van der Waals surface area contributed by atoms with Gasteiger partial charge >= 0.3 is 0 Å². The number of anilines is 1. The number of nitrogens with one attached hydrogen (secondary N) is 1. The van der Waals surface area contributed by atoms with Crippen molar-refractivity contribution in [2.45, 2.75) is 6.92 Å². The number of para-hydroxylation sites is 3. The maximum Gasteiger partial charge on any atom is 0.274 e. The normalized spacial score (nSPS) is 10.7. The molecule has 6 heteroatoms. The van der Waals surface area contributed by atoms with E-state index in [0.717, 1.165) is 0 Å². The second-order valence-corrected chi connectivity index (χ2v) is 6.42. The Hall–Kier alpha value is -3.31. The van der Waals surface area contributed by atoms with Crippen LogP contribution < -0.4 is 10.1 Å². The van der Waals surface area contributed by atoms with Crippen molar-refractivity contribution in [3.05, 3.63) is 89.3 Å². The van der Waals surface area contributed by atoms with E-state index >= 15 is 0 Å². The van der Waals surface area contributed by atoms with Crippen molar-refractivity contribution in [3.63, 3.8) is 0 Å². The molecule has 0 unspecified atom stereocenters. The van der Waals surface area contributed by atoms with Gasteiger partial charge in [-0.25, -0.2) is 4.98 Å². The highest BCUT2D eigenvalue weighted by Gasteiger charge is 2.18. The van der Waals surface area contributed by atoms with Gasteiger partial charge in [-0.3, -0.25) is 9.20 Å². The molecule has 4 rings (SSSR count). The van der Waals surface area contributed by atoms with Gasteiger partial charge in [0.1, 0.15) is 17.1 Å². The smallest absolute Gasteiger partial charge is 0.274 e. The Morgan fingerprint density at radius 1 is 1.04 bits per heavy atom. The summed E-state index contributed by atoms with van der Waals surface area (Å²) < 4.78 is 7.59. The summed E-state index contributed by atoms with van der Waals surface area (Å²) in [6.07, 6.45) is 1.68. The summed E-state index contributed by atoms with van der Waals surface area (Å²) in [7, 11) is 0. The maximum absolute atomic E-state index is 13.0. The van der Waals surface area contributed by atoms with E-state index in [1.165, 1.54) is 0 Å². The first-order valence-corrected chi connectivity index (χ1v) is 8.77. The first-order chi connectivity index (χ1) is 13.1. The minimum Gasteiger partial charge on any atom is -0.455 e. The second-order valence-electron chi connectivity index (χ2n) is 5.99. The van der Waals surface area contributed by atoms with E-state index in [0.29, 0.717) is 39.2 Å². The number of ether oxygens (including phenoxy) is 1. The predicted molar refractivity (Wildman–Crippen MR) is 106 cm³/mol. The molecule has 5 nitrogen and oxygen atoms in total. The van der Waals surface area contributed by atoms with E-state index in [2.05, 4.69) is 10.3 Å². The van der Waals surface area contributed by atoms with Gasteiger partial charge in [0.05, 0.1) is 16.4 Å². The van der Waals surface area contributed by atoms with Crippen LogP contribution in [0.1, 0.15) is 16.2 Å². The lowest BCUT2D eigenvalue weighted by Crippen LogP contribution is -2.16. The number of amides is 1. The number of benzene rings is 2. The van der Waals surface area contributed by atoms with Crippen molar-refractivity contribution >= 4 is 28.8 Å². The quantitative estimate of drug-likeness (QED) is 0.522. The summed E-state index contributed by atoms with van der Waals surface area (Å²) in [6, 6.07) is 20.2. The zero-order valence-corrected chi connectivity index (χ0v) is 15.3. The van der Waals surface area contributed by atoms with Gasteiger partial charge in [-0.15, -0.1) is 0 Å². The first kappa shape index (κ1) is 17.1. The van der Waals surface area contributed by atoms with Gasteiger partial charge in [-0.05, 0) is 43.3 Å². The van der Waals surface area contributed by atoms with Crippen molar-refractivity contribution in [1.82, 2.24) is 9.38 Å². The molecule has 0 radical (unpaired) electrons. The lowest BCUT2D eigenvalue weighted by Gasteiger charge is -2.12. The van der Waals surface area contributed by atoms with E-state index in [9.17, 15) is 4.79 Å². The van der Waals surface area contributed by atoms with Crippen LogP contribution in [0.25, 0.3) is 5.65 Å². The predicted octanol–water partition coefficient (Wildman–Crippen LogP) is 5.34. The third-order valence-corrected chi connectivity index (χ3v) is 4.30. The Kier molecular flexibility index (Phi) is 4.52. The van der Waals surface area contributed by atoms with Crippen LogP contribution in [-0.2, 0) is 0 Å². The van der Waals surface area contributed by atoms with E-state index < -0.39 is 0 Å². The number of pyridine rings is 1. The van der Waals surface area contributed by atoms with Crippen molar-refractivity contribution < 1.29 is 9.53 Å². The number of imidazole rings is 1. The molecule has 0 saturated heterocycles. The topological polar surface area (TPSA) is 55.6 Å². The fraction of sp³-hybridized carbons (Fsp3) is 0.0476. The van der Waals surface area contributed by atoms with Crippen LogP contribution in [0.3, 0.4) is 0 Å². The molecule has 0 aliphatic heterocycles. The molecule has 2 aromatic carbocycles. The monoisotopic (exact) mass is 377 g/mol. The van der Waals surface area contributed by atoms with E-state index in [-0.39, 0.29) is 5.91 Å². The minimum atomic E-state index is -0.286. The summed E-state index contributed by atoms with van der Waals surface area (Å²) in [4.78, 5) is 17.4. The number of halogens is 1. The number of carbonyl (C=O) groups excluding carboxylic acids is 1.